The molecule has 2 aromatic carbocycles. The molecule has 3 atom stereocenters. The van der Waals surface area contributed by atoms with Crippen LogP contribution in [0.2, 0.25) is 0 Å². The summed E-state index contributed by atoms with van der Waals surface area (Å²) >= 11 is 0. The summed E-state index contributed by atoms with van der Waals surface area (Å²) in [6, 6.07) is 11.8. The number of nitrogens with one attached hydrogen (secondary N) is 5. The Kier molecular flexibility index (Phi) is 13.6. The number of hydrogen-bond donors (Lipinski definition) is 5. The quantitative estimate of drug-likeness (QED) is 0.217. The molecule has 0 saturated carbocycles. The first-order chi connectivity index (χ1) is 25.1. The van der Waals surface area contributed by atoms with Gasteiger partial charge < -0.3 is 45.4 Å². The van der Waals surface area contributed by atoms with Gasteiger partial charge in [-0.2, -0.15) is 0 Å². The van der Waals surface area contributed by atoms with Gasteiger partial charge in [0.25, 0.3) is 0 Å². The number of H-pyrrole nitrogens is 1. The number of carbonyl (C=O) groups excluding carboxylic acids is 5. The molecular weight excluding hydrogens is 668 g/mol. The van der Waals surface area contributed by atoms with Crippen molar-refractivity contribution in [3.8, 4) is 5.75 Å². The zero-order valence-corrected chi connectivity index (χ0v) is 30.1. The maximum absolute atomic E-state index is 14.5. The van der Waals surface area contributed by atoms with Gasteiger partial charge in [0.1, 0.15) is 30.5 Å². The first-order valence-electron chi connectivity index (χ1n) is 17.9. The minimum absolute atomic E-state index is 0.0507. The maximum atomic E-state index is 14.5. The van der Waals surface area contributed by atoms with Crippen LogP contribution in [0.15, 0.2) is 54.7 Å². The molecule has 6 rings (SSSR count). The second-order valence-corrected chi connectivity index (χ2v) is 13.6. The van der Waals surface area contributed by atoms with Crippen LogP contribution in [0.4, 0.5) is 0 Å². The number of carbonyl (C=O) groups is 5. The molecule has 3 aliphatic rings. The van der Waals surface area contributed by atoms with Crippen LogP contribution in [0, 0.1) is 11.8 Å². The molecule has 3 aromatic rings. The fourth-order valence-corrected chi connectivity index (χ4v) is 6.48. The van der Waals surface area contributed by atoms with Gasteiger partial charge in [-0.05, 0) is 48.1 Å². The van der Waals surface area contributed by atoms with Crippen molar-refractivity contribution in [1.29, 1.82) is 0 Å². The molecule has 14 nitrogen and oxygen atoms in total. The molecule has 4 heterocycles. The Morgan fingerprint density at radius 2 is 1.73 bits per heavy atom. The molecule has 52 heavy (non-hydrogen) atoms. The van der Waals surface area contributed by atoms with E-state index in [0.717, 1.165) is 22.0 Å². The lowest BCUT2D eigenvalue weighted by molar-refractivity contribution is -0.141. The Bertz CT molecular complexity index is 1690. The fraction of sp³-hybridized carbons (Fsp3) is 0.500. The maximum Gasteiger partial charge on any atom is 0.246 e. The molecule has 5 N–H and O–H groups in total. The summed E-state index contributed by atoms with van der Waals surface area (Å²) in [5.41, 5.74) is 2.42. The van der Waals surface area contributed by atoms with E-state index in [2.05, 4.69) is 26.3 Å². The summed E-state index contributed by atoms with van der Waals surface area (Å²) in [4.78, 5) is 73.5. The number of methoxy groups -OCH3 is 1. The van der Waals surface area contributed by atoms with E-state index in [-0.39, 0.29) is 69.3 Å². The topological polar surface area (TPSA) is 180 Å². The number of aromatic amines is 1. The van der Waals surface area contributed by atoms with Crippen LogP contribution >= 0.6 is 0 Å². The zero-order valence-electron chi connectivity index (χ0n) is 30.1. The third-order valence-electron chi connectivity index (χ3n) is 9.45. The van der Waals surface area contributed by atoms with E-state index in [1.165, 1.54) is 12.0 Å². The fourth-order valence-electron chi connectivity index (χ4n) is 6.48. The third kappa shape index (κ3) is 10.3. The Labute approximate surface area is 303 Å². The highest BCUT2D eigenvalue weighted by Crippen LogP contribution is 2.21. The second-order valence-electron chi connectivity index (χ2n) is 13.6. The average Bonchev–Trinajstić information content (AvgIpc) is 3.56. The standard InChI is InChI=1S/C38H50N6O8/c1-24(2)34-37(48)39-14-18-52-28-10-8-25(9-11-28)20-31(41-35(46)26-12-16-51-17-13-26)36(47)42-32(21-27-22-40-30-7-5-4-6-29(27)30)38(49)44(15-19-50-3)23-33(45)43-34/h4-11,22,24,26,31-32,34,40H,12-21,23H2,1-3H3,(H,39,48)(H,41,46)(H,42,47)(H,43,45)/t31-,32-,34-/m0/s1. The van der Waals surface area contributed by atoms with Crippen LogP contribution < -0.4 is 26.0 Å². The van der Waals surface area contributed by atoms with Crippen molar-refractivity contribution in [2.75, 3.05) is 53.2 Å². The number of benzene rings is 2. The predicted molar refractivity (Wildman–Crippen MR) is 193 cm³/mol. The summed E-state index contributed by atoms with van der Waals surface area (Å²) in [6.07, 6.45) is 3.14. The van der Waals surface area contributed by atoms with Crippen LogP contribution in [0.25, 0.3) is 10.9 Å². The molecule has 1 fully saturated rings. The van der Waals surface area contributed by atoms with E-state index in [1.807, 2.05) is 50.2 Å². The third-order valence-corrected chi connectivity index (χ3v) is 9.45. The summed E-state index contributed by atoms with van der Waals surface area (Å²) in [7, 11) is 1.49. The Morgan fingerprint density at radius 3 is 2.46 bits per heavy atom. The molecule has 0 radical (unpaired) electrons. The molecule has 5 amide bonds. The van der Waals surface area contributed by atoms with E-state index < -0.39 is 35.8 Å². The molecule has 3 aliphatic heterocycles. The van der Waals surface area contributed by atoms with Crippen LogP contribution in [0.1, 0.15) is 37.8 Å². The van der Waals surface area contributed by atoms with Crippen molar-refractivity contribution < 1.29 is 38.2 Å². The van der Waals surface area contributed by atoms with Gasteiger partial charge in [0.15, 0.2) is 0 Å². The minimum Gasteiger partial charge on any atom is -0.492 e. The van der Waals surface area contributed by atoms with Crippen LogP contribution in [-0.4, -0.2) is 111 Å². The predicted octanol–water partition coefficient (Wildman–Crippen LogP) is 1.47. The molecule has 0 spiro atoms. The number of fused-ring (bicyclic) bond motifs is 18. The number of aromatic nitrogens is 1. The van der Waals surface area contributed by atoms with Gasteiger partial charge in [0, 0.05) is 62.7 Å². The lowest BCUT2D eigenvalue weighted by atomic mass is 9.97. The Morgan fingerprint density at radius 1 is 0.981 bits per heavy atom. The van der Waals surface area contributed by atoms with Crippen molar-refractivity contribution in [2.45, 2.75) is 57.7 Å². The van der Waals surface area contributed by atoms with Crippen molar-refractivity contribution >= 4 is 40.4 Å². The highest BCUT2D eigenvalue weighted by molar-refractivity contribution is 5.95. The van der Waals surface area contributed by atoms with E-state index in [0.29, 0.717) is 31.8 Å². The van der Waals surface area contributed by atoms with Gasteiger partial charge in [0.05, 0.1) is 19.7 Å². The van der Waals surface area contributed by atoms with Crippen LogP contribution in [-0.2, 0) is 46.3 Å². The highest BCUT2D eigenvalue weighted by atomic mass is 16.5. The molecule has 1 saturated heterocycles. The number of amides is 5. The summed E-state index contributed by atoms with van der Waals surface area (Å²) in [5.74, 6) is -2.21. The SMILES string of the molecule is COCCN1CC(=O)N[C@@H](C(C)C)C(=O)NCCOc2ccc(cc2)C[C@H](NC(=O)C2CCOCC2)C(=O)N[C@@H](Cc2c[nH]c3ccccc23)C1=O. The van der Waals surface area contributed by atoms with Gasteiger partial charge in [-0.1, -0.05) is 44.2 Å². The van der Waals surface area contributed by atoms with Crippen molar-refractivity contribution in [1.82, 2.24) is 31.2 Å². The van der Waals surface area contributed by atoms with Crippen LogP contribution in [0.5, 0.6) is 5.75 Å². The highest BCUT2D eigenvalue weighted by Gasteiger charge is 2.34. The summed E-state index contributed by atoms with van der Waals surface area (Å²) in [5, 5.41) is 12.4. The molecule has 280 valence electrons. The number of hydrogen-bond acceptors (Lipinski definition) is 8. The average molecular weight is 719 g/mol. The normalized spacial score (nSPS) is 21.7. The van der Waals surface area contributed by atoms with Gasteiger partial charge in [-0.3, -0.25) is 24.0 Å². The van der Waals surface area contributed by atoms with Gasteiger partial charge in [0.2, 0.25) is 29.5 Å². The Hall–Kier alpha value is -4.95. The molecule has 1 aromatic heterocycles. The summed E-state index contributed by atoms with van der Waals surface area (Å²) in [6.45, 7) is 4.75. The second kappa shape index (κ2) is 18.5. The molecular formula is C38H50N6O8. The number of rotatable bonds is 8. The first kappa shape index (κ1) is 38.3. The van der Waals surface area contributed by atoms with Gasteiger partial charge in [-0.15, -0.1) is 0 Å². The van der Waals surface area contributed by atoms with E-state index in [1.54, 1.807) is 18.3 Å². The first-order valence-corrected chi connectivity index (χ1v) is 17.9. The smallest absolute Gasteiger partial charge is 0.246 e. The lowest BCUT2D eigenvalue weighted by Gasteiger charge is -2.30. The molecule has 0 aliphatic carbocycles. The van der Waals surface area contributed by atoms with Gasteiger partial charge >= 0.3 is 0 Å². The van der Waals surface area contributed by atoms with E-state index >= 15 is 0 Å². The number of nitrogens with zero attached hydrogens (tertiary/aromatic N) is 1. The lowest BCUT2D eigenvalue weighted by Crippen LogP contribution is -2.58. The molecule has 0 unspecified atom stereocenters. The molecule has 14 heteroatoms. The largest absolute Gasteiger partial charge is 0.492 e. The van der Waals surface area contributed by atoms with Crippen molar-refractivity contribution in [2.24, 2.45) is 11.8 Å². The minimum atomic E-state index is -1.12. The van der Waals surface area contributed by atoms with E-state index in [9.17, 15) is 24.0 Å². The number of ether oxygens (including phenoxy) is 3. The van der Waals surface area contributed by atoms with Crippen molar-refractivity contribution in [3.63, 3.8) is 0 Å². The van der Waals surface area contributed by atoms with Gasteiger partial charge in [-0.25, -0.2) is 0 Å². The number of para-hydroxylation sites is 1. The molecule has 2 bridgehead atoms. The van der Waals surface area contributed by atoms with Crippen LogP contribution in [0.3, 0.4) is 0 Å². The van der Waals surface area contributed by atoms with Crippen molar-refractivity contribution in [3.05, 3.63) is 65.9 Å². The van der Waals surface area contributed by atoms with E-state index in [4.69, 9.17) is 14.2 Å². The Balaban J connectivity index is 1.50. The monoisotopic (exact) mass is 718 g/mol. The zero-order chi connectivity index (χ0) is 37.0. The summed E-state index contributed by atoms with van der Waals surface area (Å²) < 4.78 is 16.6.